The van der Waals surface area contributed by atoms with E-state index in [1.54, 1.807) is 18.2 Å². The molecule has 1 aromatic heterocycles. The van der Waals surface area contributed by atoms with Crippen molar-refractivity contribution in [3.05, 3.63) is 76.9 Å². The summed E-state index contributed by atoms with van der Waals surface area (Å²) in [6.07, 6.45) is 3.63. The summed E-state index contributed by atoms with van der Waals surface area (Å²) in [6, 6.07) is 16.0. The van der Waals surface area contributed by atoms with Crippen molar-refractivity contribution in [1.82, 2.24) is 15.0 Å². The number of halogens is 1. The van der Waals surface area contributed by atoms with Crippen molar-refractivity contribution in [2.75, 3.05) is 0 Å². The van der Waals surface area contributed by atoms with Crippen LogP contribution in [-0.2, 0) is 0 Å². The lowest BCUT2D eigenvalue weighted by Gasteiger charge is -2.03. The lowest BCUT2D eigenvalue weighted by Crippen LogP contribution is -2.00. The molecule has 3 rings (SSSR count). The summed E-state index contributed by atoms with van der Waals surface area (Å²) >= 11 is 0. The van der Waals surface area contributed by atoms with Crippen LogP contribution < -0.4 is 0 Å². The third-order valence-corrected chi connectivity index (χ3v) is 3.37. The summed E-state index contributed by atoms with van der Waals surface area (Å²) in [5, 5.41) is 17.0. The molecule has 0 aliphatic rings. The van der Waals surface area contributed by atoms with Gasteiger partial charge < -0.3 is 0 Å². The molecular formula is C18H13FN4. The van der Waals surface area contributed by atoms with Gasteiger partial charge in [0.2, 0.25) is 0 Å². The first-order chi connectivity index (χ1) is 11.2. The Morgan fingerprint density at radius 1 is 1.13 bits per heavy atom. The normalized spacial score (nSPS) is 10.8. The average Bonchev–Trinajstić information content (AvgIpc) is 2.97. The Morgan fingerprint density at radius 2 is 1.91 bits per heavy atom. The zero-order valence-corrected chi connectivity index (χ0v) is 12.4. The monoisotopic (exact) mass is 304 g/mol. The first-order valence-corrected chi connectivity index (χ1v) is 7.04. The van der Waals surface area contributed by atoms with Gasteiger partial charge in [-0.15, -0.1) is 5.10 Å². The van der Waals surface area contributed by atoms with E-state index in [0.717, 1.165) is 5.56 Å². The molecule has 0 aliphatic heterocycles. The van der Waals surface area contributed by atoms with Crippen LogP contribution in [0.1, 0.15) is 22.5 Å². The number of hydrogen-bond acceptors (Lipinski definition) is 3. The Morgan fingerprint density at radius 3 is 2.61 bits per heavy atom. The molecule has 5 heteroatoms. The number of aromatic nitrogens is 3. The fourth-order valence-electron chi connectivity index (χ4n) is 2.17. The van der Waals surface area contributed by atoms with Crippen LogP contribution >= 0.6 is 0 Å². The van der Waals surface area contributed by atoms with E-state index >= 15 is 0 Å². The van der Waals surface area contributed by atoms with Crippen molar-refractivity contribution >= 4 is 12.2 Å². The largest absolute Gasteiger partial charge is 0.212 e. The fourth-order valence-corrected chi connectivity index (χ4v) is 2.17. The van der Waals surface area contributed by atoms with Crippen molar-refractivity contribution < 1.29 is 4.39 Å². The lowest BCUT2D eigenvalue weighted by atomic mass is 10.1. The van der Waals surface area contributed by atoms with Crippen LogP contribution in [0.15, 0.2) is 48.5 Å². The highest BCUT2D eigenvalue weighted by Crippen LogP contribution is 2.17. The third kappa shape index (κ3) is 3.16. The molecule has 0 N–H and O–H groups in total. The van der Waals surface area contributed by atoms with Crippen LogP contribution in [0.25, 0.3) is 17.8 Å². The van der Waals surface area contributed by atoms with E-state index in [-0.39, 0.29) is 11.5 Å². The van der Waals surface area contributed by atoms with Crippen LogP contribution in [0.4, 0.5) is 4.39 Å². The second kappa shape index (κ2) is 6.24. The zero-order chi connectivity index (χ0) is 16.2. The fraction of sp³-hybridized carbons (Fsp3) is 0.0556. The molecule has 3 aromatic rings. The third-order valence-electron chi connectivity index (χ3n) is 3.37. The van der Waals surface area contributed by atoms with Crippen LogP contribution in [0.5, 0.6) is 0 Å². The second-order valence-electron chi connectivity index (χ2n) is 5.07. The van der Waals surface area contributed by atoms with Gasteiger partial charge in [0.15, 0.2) is 5.69 Å². The topological polar surface area (TPSA) is 54.5 Å². The second-order valence-corrected chi connectivity index (χ2v) is 5.07. The smallest absolute Gasteiger partial charge is 0.190 e. The molecule has 0 atom stereocenters. The maximum Gasteiger partial charge on any atom is 0.190 e. The van der Waals surface area contributed by atoms with E-state index in [1.165, 1.54) is 22.4 Å². The first-order valence-electron chi connectivity index (χ1n) is 7.04. The van der Waals surface area contributed by atoms with Gasteiger partial charge >= 0.3 is 0 Å². The van der Waals surface area contributed by atoms with Crippen molar-refractivity contribution in [3.8, 4) is 11.8 Å². The van der Waals surface area contributed by atoms with Crippen LogP contribution in [0.2, 0.25) is 0 Å². The van der Waals surface area contributed by atoms with Gasteiger partial charge in [-0.05, 0) is 36.8 Å². The van der Waals surface area contributed by atoms with Gasteiger partial charge in [0.25, 0.3) is 0 Å². The van der Waals surface area contributed by atoms with E-state index in [0.29, 0.717) is 11.4 Å². The van der Waals surface area contributed by atoms with Crippen LogP contribution in [0.3, 0.4) is 0 Å². The number of aryl methyl sites for hydroxylation is 1. The molecule has 0 bridgehead atoms. The molecule has 2 aromatic carbocycles. The number of nitrogens with zero attached hydrogens (tertiary/aromatic N) is 4. The van der Waals surface area contributed by atoms with Gasteiger partial charge in [0.1, 0.15) is 17.6 Å². The molecule has 0 spiro atoms. The number of rotatable bonds is 3. The van der Waals surface area contributed by atoms with E-state index in [1.807, 2.05) is 43.3 Å². The maximum absolute atomic E-state index is 13.4. The van der Waals surface area contributed by atoms with Gasteiger partial charge in [-0.1, -0.05) is 47.2 Å². The number of hydrogen-bond donors (Lipinski definition) is 0. The standard InChI is InChI=1S/C18H13FN4/c1-13-5-7-14(8-6-13)9-10-18-17(12-20)21-22-23(18)16-4-2-3-15(19)11-16/h2-11H,1H3/b10-9+. The van der Waals surface area contributed by atoms with E-state index in [2.05, 4.69) is 10.3 Å². The SMILES string of the molecule is Cc1ccc(/C=C/c2c(C#N)nnn2-c2cccc(F)c2)cc1. The lowest BCUT2D eigenvalue weighted by molar-refractivity contribution is 0.624. The molecule has 0 aliphatic carbocycles. The molecule has 1 heterocycles. The summed E-state index contributed by atoms with van der Waals surface area (Å²) in [5.41, 5.74) is 3.39. The zero-order valence-electron chi connectivity index (χ0n) is 12.4. The molecule has 112 valence electrons. The number of nitriles is 1. The Bertz CT molecular complexity index is 902. The van der Waals surface area contributed by atoms with Crippen molar-refractivity contribution in [1.29, 1.82) is 5.26 Å². The van der Waals surface area contributed by atoms with Crippen molar-refractivity contribution in [3.63, 3.8) is 0 Å². The molecule has 23 heavy (non-hydrogen) atoms. The Labute approximate surface area is 133 Å². The van der Waals surface area contributed by atoms with E-state index < -0.39 is 0 Å². The summed E-state index contributed by atoms with van der Waals surface area (Å²) in [4.78, 5) is 0. The molecule has 0 saturated heterocycles. The minimum atomic E-state index is -0.370. The minimum Gasteiger partial charge on any atom is -0.212 e. The van der Waals surface area contributed by atoms with Crippen molar-refractivity contribution in [2.45, 2.75) is 6.92 Å². The van der Waals surface area contributed by atoms with E-state index in [4.69, 9.17) is 0 Å². The quantitative estimate of drug-likeness (QED) is 0.740. The highest BCUT2D eigenvalue weighted by Gasteiger charge is 2.11. The van der Waals surface area contributed by atoms with Gasteiger partial charge in [-0.3, -0.25) is 0 Å². The van der Waals surface area contributed by atoms with Crippen LogP contribution in [-0.4, -0.2) is 15.0 Å². The van der Waals surface area contributed by atoms with Gasteiger partial charge in [0.05, 0.1) is 5.69 Å². The molecular weight excluding hydrogens is 291 g/mol. The van der Waals surface area contributed by atoms with E-state index in [9.17, 15) is 9.65 Å². The molecule has 4 nitrogen and oxygen atoms in total. The molecule has 0 radical (unpaired) electrons. The molecule has 0 amide bonds. The minimum absolute atomic E-state index is 0.192. The van der Waals surface area contributed by atoms with Gasteiger partial charge in [0, 0.05) is 0 Å². The first kappa shape index (κ1) is 14.7. The summed E-state index contributed by atoms with van der Waals surface area (Å²) in [7, 11) is 0. The number of benzene rings is 2. The maximum atomic E-state index is 13.4. The molecule has 0 saturated carbocycles. The molecule has 0 fully saturated rings. The van der Waals surface area contributed by atoms with Crippen molar-refractivity contribution in [2.24, 2.45) is 0 Å². The summed E-state index contributed by atoms with van der Waals surface area (Å²) in [5.74, 6) is -0.370. The highest BCUT2D eigenvalue weighted by atomic mass is 19.1. The predicted molar refractivity (Wildman–Crippen MR) is 86.1 cm³/mol. The predicted octanol–water partition coefficient (Wildman–Crippen LogP) is 3.76. The highest BCUT2D eigenvalue weighted by molar-refractivity contribution is 5.71. The Balaban J connectivity index is 2.03. The Kier molecular flexibility index (Phi) is 3.98. The van der Waals surface area contributed by atoms with Gasteiger partial charge in [-0.25, -0.2) is 9.07 Å². The summed E-state index contributed by atoms with van der Waals surface area (Å²) in [6.45, 7) is 2.02. The summed E-state index contributed by atoms with van der Waals surface area (Å²) < 4.78 is 14.9. The van der Waals surface area contributed by atoms with Crippen LogP contribution in [0, 0.1) is 24.1 Å². The molecule has 0 unspecified atom stereocenters. The van der Waals surface area contributed by atoms with Gasteiger partial charge in [-0.2, -0.15) is 5.26 Å². The average molecular weight is 304 g/mol. The Hall–Kier alpha value is -3.26.